The normalized spacial score (nSPS) is 11.3. The zero-order chi connectivity index (χ0) is 45.7. The zero-order valence-electron chi connectivity index (χ0n) is 40.4. The molecule has 0 N–H and O–H groups in total. The molecule has 64 heavy (non-hydrogen) atoms. The van der Waals surface area contributed by atoms with Gasteiger partial charge in [-0.3, -0.25) is 0 Å². The van der Waals surface area contributed by atoms with Crippen molar-refractivity contribution in [1.29, 1.82) is 0 Å². The lowest BCUT2D eigenvalue weighted by molar-refractivity contribution is -0.633. The highest BCUT2D eigenvalue weighted by Crippen LogP contribution is 2.30. The number of benzene rings is 6. The highest BCUT2D eigenvalue weighted by molar-refractivity contribution is 5.84. The van der Waals surface area contributed by atoms with E-state index in [-0.39, 0.29) is 0 Å². The van der Waals surface area contributed by atoms with Gasteiger partial charge in [-0.2, -0.15) is 13.7 Å². The van der Waals surface area contributed by atoms with Crippen LogP contribution in [0.1, 0.15) is 86.8 Å². The maximum atomic E-state index is 2.32. The van der Waals surface area contributed by atoms with Crippen LogP contribution in [0.4, 0.5) is 0 Å². The molecule has 9 rings (SSSR count). The number of hydrogen-bond donors (Lipinski definition) is 0. The second-order valence-electron chi connectivity index (χ2n) is 18.6. The van der Waals surface area contributed by atoms with Gasteiger partial charge in [-0.05, 0) is 115 Å². The van der Waals surface area contributed by atoms with Gasteiger partial charge in [0.15, 0.2) is 0 Å². The number of pyridine rings is 3. The van der Waals surface area contributed by atoms with Crippen molar-refractivity contribution in [3.8, 4) is 33.8 Å². The van der Waals surface area contributed by atoms with E-state index in [4.69, 9.17) is 0 Å². The van der Waals surface area contributed by atoms with Gasteiger partial charge in [-0.25, -0.2) is 0 Å². The van der Waals surface area contributed by atoms with E-state index in [9.17, 15) is 0 Å². The van der Waals surface area contributed by atoms with E-state index in [0.29, 0.717) is 17.8 Å². The maximum absolute atomic E-state index is 2.32. The molecule has 0 saturated carbocycles. The van der Waals surface area contributed by atoms with Crippen molar-refractivity contribution in [3.63, 3.8) is 0 Å². The molecule has 0 aliphatic carbocycles. The Bertz CT molecular complexity index is 2940. The van der Waals surface area contributed by atoms with Crippen LogP contribution in [0.3, 0.4) is 0 Å². The summed E-state index contributed by atoms with van der Waals surface area (Å²) in [6.45, 7) is 20.1. The lowest BCUT2D eigenvalue weighted by Crippen LogP contribution is -2.32. The molecule has 3 heteroatoms. The maximum Gasteiger partial charge on any atom is 0.213 e. The first-order valence-corrected chi connectivity index (χ1v) is 23.2. The lowest BCUT2D eigenvalue weighted by Gasteiger charge is -2.11. The van der Waals surface area contributed by atoms with Crippen LogP contribution in [0.25, 0.3) is 66.5 Å². The molecule has 0 saturated heterocycles. The molecule has 3 heterocycles. The number of hydrogen-bond acceptors (Lipinski definition) is 0. The van der Waals surface area contributed by atoms with E-state index in [1.165, 1.54) is 99.9 Å². The number of fused-ring (bicyclic) bond motifs is 3. The molecular formula is C61H68N3+3. The SMILES string of the molecule is Cc1ccccc1-c1ccc2c(C(C)C)cccc2[n+]1C.Cc1ccccc1-c1ccc2c(C(C)C)cccc2[n+]1C.Cc1ccccc1-c1ccc2c(CC(C)C)cccc2[n+]1C. The minimum Gasteiger partial charge on any atom is -0.194 e. The van der Waals surface area contributed by atoms with Crippen LogP contribution in [-0.2, 0) is 27.6 Å². The fraction of sp³-hybridized carbons (Fsp3) is 0.262. The molecule has 3 nitrogen and oxygen atoms in total. The summed E-state index contributed by atoms with van der Waals surface area (Å²) in [6, 6.07) is 59.2. The summed E-state index contributed by atoms with van der Waals surface area (Å²) in [7, 11) is 6.49. The molecule has 3 aromatic heterocycles. The van der Waals surface area contributed by atoms with Gasteiger partial charge in [-0.1, -0.05) is 133 Å². The second-order valence-corrected chi connectivity index (χ2v) is 18.6. The quantitative estimate of drug-likeness (QED) is 0.142. The minimum absolute atomic E-state index is 0.540. The van der Waals surface area contributed by atoms with E-state index in [2.05, 4.69) is 261 Å². The summed E-state index contributed by atoms with van der Waals surface area (Å²) in [6.07, 6.45) is 1.13. The molecule has 0 radical (unpaired) electrons. The van der Waals surface area contributed by atoms with Crippen molar-refractivity contribution in [3.05, 3.63) is 197 Å². The standard InChI is InChI=1S/C21H24N.2C20H22N/c1-15(2)14-17-9-7-11-20-19(17)12-13-21(22(20)4)18-10-6-5-8-16(18)3;2*1-14(2)16-10-7-11-19-18(16)12-13-20(21(19)4)17-9-6-5-8-15(17)3/h5-13,15H,14H2,1-4H3;2*5-14H,1-4H3/q3*+1. The van der Waals surface area contributed by atoms with E-state index in [0.717, 1.165) is 6.42 Å². The fourth-order valence-electron chi connectivity index (χ4n) is 9.40. The lowest BCUT2D eigenvalue weighted by atomic mass is 9.96. The Labute approximate surface area is 383 Å². The Morgan fingerprint density at radius 1 is 0.344 bits per heavy atom. The average Bonchev–Trinajstić information content (AvgIpc) is 3.28. The summed E-state index contributed by atoms with van der Waals surface area (Å²) in [5.41, 5.74) is 19.8. The molecule has 0 atom stereocenters. The zero-order valence-corrected chi connectivity index (χ0v) is 40.4. The van der Waals surface area contributed by atoms with Crippen LogP contribution < -0.4 is 13.7 Å². The number of rotatable bonds is 7. The third-order valence-electron chi connectivity index (χ3n) is 12.9. The van der Waals surface area contributed by atoms with Crippen molar-refractivity contribution < 1.29 is 13.7 Å². The Kier molecular flexibility index (Phi) is 14.2. The topological polar surface area (TPSA) is 11.6 Å². The predicted molar refractivity (Wildman–Crippen MR) is 273 cm³/mol. The van der Waals surface area contributed by atoms with Crippen molar-refractivity contribution >= 4 is 32.7 Å². The van der Waals surface area contributed by atoms with E-state index < -0.39 is 0 Å². The Hall–Kier alpha value is -6.45. The summed E-state index contributed by atoms with van der Waals surface area (Å²) < 4.78 is 6.94. The van der Waals surface area contributed by atoms with Crippen molar-refractivity contribution in [2.24, 2.45) is 27.1 Å². The number of aryl methyl sites for hydroxylation is 6. The van der Waals surface area contributed by atoms with Crippen LogP contribution in [0.5, 0.6) is 0 Å². The summed E-state index contributed by atoms with van der Waals surface area (Å²) >= 11 is 0. The third kappa shape index (κ3) is 9.55. The van der Waals surface area contributed by atoms with Crippen LogP contribution >= 0.6 is 0 Å². The highest BCUT2D eigenvalue weighted by Gasteiger charge is 2.20. The molecule has 0 amide bonds. The van der Waals surface area contributed by atoms with Gasteiger partial charge in [0.25, 0.3) is 0 Å². The molecule has 0 aliphatic heterocycles. The molecule has 0 unspecified atom stereocenters. The third-order valence-corrected chi connectivity index (χ3v) is 12.9. The van der Waals surface area contributed by atoms with Gasteiger partial charge in [0, 0.05) is 69.2 Å². The largest absolute Gasteiger partial charge is 0.213 e. The predicted octanol–water partition coefficient (Wildman–Crippen LogP) is 14.4. The molecule has 0 fully saturated rings. The summed E-state index contributed by atoms with van der Waals surface area (Å²) in [5, 5.41) is 4.08. The van der Waals surface area contributed by atoms with Crippen LogP contribution in [0.2, 0.25) is 0 Å². The first-order chi connectivity index (χ1) is 30.8. The molecule has 0 spiro atoms. The van der Waals surface area contributed by atoms with Crippen LogP contribution in [0.15, 0.2) is 164 Å². The van der Waals surface area contributed by atoms with Gasteiger partial charge in [0.1, 0.15) is 21.1 Å². The Morgan fingerprint density at radius 3 is 1.02 bits per heavy atom. The van der Waals surface area contributed by atoms with Gasteiger partial charge < -0.3 is 0 Å². The number of aromatic nitrogens is 3. The fourth-order valence-corrected chi connectivity index (χ4v) is 9.40. The molecular weight excluding hydrogens is 775 g/mol. The van der Waals surface area contributed by atoms with Crippen molar-refractivity contribution in [2.45, 2.75) is 80.6 Å². The summed E-state index contributed by atoms with van der Waals surface area (Å²) in [5.74, 6) is 1.75. The van der Waals surface area contributed by atoms with Gasteiger partial charge in [-0.15, -0.1) is 0 Å². The van der Waals surface area contributed by atoms with E-state index >= 15 is 0 Å². The van der Waals surface area contributed by atoms with Gasteiger partial charge >= 0.3 is 0 Å². The highest BCUT2D eigenvalue weighted by atomic mass is 14.9. The van der Waals surface area contributed by atoms with Crippen LogP contribution in [-0.4, -0.2) is 0 Å². The Balaban J connectivity index is 0.000000144. The monoisotopic (exact) mass is 843 g/mol. The average molecular weight is 843 g/mol. The molecule has 6 aromatic carbocycles. The molecule has 0 bridgehead atoms. The second kappa shape index (κ2) is 19.9. The van der Waals surface area contributed by atoms with Gasteiger partial charge in [0.05, 0.1) is 0 Å². The molecule has 324 valence electrons. The van der Waals surface area contributed by atoms with Crippen LogP contribution in [0, 0.1) is 26.7 Å². The number of nitrogens with zero attached hydrogens (tertiary/aromatic N) is 3. The van der Waals surface area contributed by atoms with E-state index in [1.54, 1.807) is 0 Å². The Morgan fingerprint density at radius 2 is 0.672 bits per heavy atom. The van der Waals surface area contributed by atoms with Crippen molar-refractivity contribution in [1.82, 2.24) is 0 Å². The van der Waals surface area contributed by atoms with E-state index in [1.807, 2.05) is 0 Å². The smallest absolute Gasteiger partial charge is 0.194 e. The summed E-state index contributed by atoms with van der Waals surface area (Å²) in [4.78, 5) is 0. The van der Waals surface area contributed by atoms with Gasteiger partial charge in [0.2, 0.25) is 33.6 Å². The minimum atomic E-state index is 0.540. The first kappa shape index (κ1) is 45.6. The van der Waals surface area contributed by atoms with Crippen molar-refractivity contribution in [2.75, 3.05) is 0 Å². The molecule has 9 aromatic rings. The molecule has 0 aliphatic rings. The first-order valence-electron chi connectivity index (χ1n) is 23.2.